The Morgan fingerprint density at radius 2 is 2.10 bits per heavy atom. The highest BCUT2D eigenvalue weighted by molar-refractivity contribution is 6.33. The van der Waals surface area contributed by atoms with Crippen molar-refractivity contribution in [3.05, 3.63) is 22.8 Å². The van der Waals surface area contributed by atoms with Gasteiger partial charge in [-0.2, -0.15) is 0 Å². The number of nitrogens with one attached hydrogen (secondary N) is 1. The van der Waals surface area contributed by atoms with E-state index in [1.807, 2.05) is 12.3 Å². The Bertz CT molecular complexity index is 456. The maximum atomic E-state index is 6.40. The van der Waals surface area contributed by atoms with Crippen molar-refractivity contribution in [3.63, 3.8) is 0 Å². The number of aromatic nitrogens is 1. The van der Waals surface area contributed by atoms with Crippen LogP contribution in [-0.4, -0.2) is 37.3 Å². The number of hydrogen-bond acceptors (Lipinski definition) is 4. The molecule has 0 aromatic carbocycles. The zero-order valence-corrected chi connectivity index (χ0v) is 12.7. The first kappa shape index (κ1) is 14.1. The quantitative estimate of drug-likeness (QED) is 0.906. The summed E-state index contributed by atoms with van der Waals surface area (Å²) in [5, 5.41) is 4.24. The summed E-state index contributed by atoms with van der Waals surface area (Å²) >= 11 is 6.40. The van der Waals surface area contributed by atoms with Gasteiger partial charge < -0.3 is 15.0 Å². The lowest BCUT2D eigenvalue weighted by Crippen LogP contribution is -2.37. The minimum absolute atomic E-state index is 0.382. The Labute approximate surface area is 125 Å². The van der Waals surface area contributed by atoms with Gasteiger partial charge in [0, 0.05) is 39.0 Å². The minimum atomic E-state index is 0.382. The third-order valence-corrected chi connectivity index (χ3v) is 4.40. The van der Waals surface area contributed by atoms with Gasteiger partial charge in [-0.25, -0.2) is 4.98 Å². The number of piperidine rings is 1. The van der Waals surface area contributed by atoms with Crippen LogP contribution in [0.3, 0.4) is 0 Å². The number of nitrogens with zero attached hydrogens (tertiary/aromatic N) is 2. The molecule has 2 fully saturated rings. The highest BCUT2D eigenvalue weighted by atomic mass is 35.5. The summed E-state index contributed by atoms with van der Waals surface area (Å²) in [5.41, 5.74) is 1.16. The third-order valence-electron chi connectivity index (χ3n) is 4.13. The van der Waals surface area contributed by atoms with Crippen LogP contribution >= 0.6 is 11.6 Å². The maximum absolute atomic E-state index is 6.40. The Morgan fingerprint density at radius 3 is 2.70 bits per heavy atom. The number of pyridine rings is 1. The summed E-state index contributed by atoms with van der Waals surface area (Å²) in [6.45, 7) is 2.79. The van der Waals surface area contributed by atoms with Gasteiger partial charge in [-0.3, -0.25) is 0 Å². The van der Waals surface area contributed by atoms with Crippen LogP contribution in [0.4, 0.5) is 5.82 Å². The van der Waals surface area contributed by atoms with Crippen LogP contribution < -0.4 is 10.2 Å². The van der Waals surface area contributed by atoms with Crippen molar-refractivity contribution in [2.75, 3.05) is 25.1 Å². The SMILES string of the molecule is COC1CCN(c2ncc(CNC3CC3)cc2Cl)CC1. The average molecular weight is 296 g/mol. The van der Waals surface area contributed by atoms with E-state index >= 15 is 0 Å². The number of ether oxygens (including phenoxy) is 1. The van der Waals surface area contributed by atoms with E-state index in [4.69, 9.17) is 16.3 Å². The number of halogens is 1. The second-order valence-electron chi connectivity index (χ2n) is 5.73. The smallest absolute Gasteiger partial charge is 0.147 e. The van der Waals surface area contributed by atoms with Gasteiger partial charge in [-0.05, 0) is 37.3 Å². The molecule has 0 spiro atoms. The van der Waals surface area contributed by atoms with Crippen molar-refractivity contribution in [1.29, 1.82) is 0 Å². The van der Waals surface area contributed by atoms with Crippen molar-refractivity contribution in [2.45, 2.75) is 44.4 Å². The molecule has 4 nitrogen and oxygen atoms in total. The molecule has 0 unspecified atom stereocenters. The van der Waals surface area contributed by atoms with Gasteiger partial charge in [0.05, 0.1) is 11.1 Å². The van der Waals surface area contributed by atoms with Gasteiger partial charge >= 0.3 is 0 Å². The van der Waals surface area contributed by atoms with Gasteiger partial charge in [-0.1, -0.05) is 11.6 Å². The number of anilines is 1. The highest BCUT2D eigenvalue weighted by Gasteiger charge is 2.22. The number of methoxy groups -OCH3 is 1. The normalized spacial score (nSPS) is 20.4. The highest BCUT2D eigenvalue weighted by Crippen LogP contribution is 2.27. The largest absolute Gasteiger partial charge is 0.381 e. The van der Waals surface area contributed by atoms with Crippen molar-refractivity contribution < 1.29 is 4.74 Å². The predicted octanol–water partition coefficient (Wildman–Crippen LogP) is 2.60. The fourth-order valence-electron chi connectivity index (χ4n) is 2.65. The van der Waals surface area contributed by atoms with Crippen LogP contribution in [0.15, 0.2) is 12.3 Å². The van der Waals surface area contributed by atoms with Crippen LogP contribution in [0.1, 0.15) is 31.2 Å². The Kier molecular flexibility index (Phi) is 4.44. The molecule has 2 aliphatic rings. The molecule has 0 radical (unpaired) electrons. The summed E-state index contributed by atoms with van der Waals surface area (Å²) in [6, 6.07) is 2.75. The van der Waals surface area contributed by atoms with E-state index < -0.39 is 0 Å². The Balaban J connectivity index is 1.61. The molecule has 1 aromatic rings. The first-order valence-corrected chi connectivity index (χ1v) is 7.79. The monoisotopic (exact) mass is 295 g/mol. The van der Waals surface area contributed by atoms with Crippen LogP contribution in [0.2, 0.25) is 5.02 Å². The van der Waals surface area contributed by atoms with E-state index in [2.05, 4.69) is 15.2 Å². The van der Waals surface area contributed by atoms with E-state index in [0.717, 1.165) is 48.9 Å². The predicted molar refractivity (Wildman–Crippen MR) is 81.4 cm³/mol. The lowest BCUT2D eigenvalue weighted by atomic mass is 10.1. The fraction of sp³-hybridized carbons (Fsp3) is 0.667. The molecule has 1 saturated carbocycles. The molecule has 5 heteroatoms. The van der Waals surface area contributed by atoms with Crippen molar-refractivity contribution in [1.82, 2.24) is 10.3 Å². The van der Waals surface area contributed by atoms with Crippen LogP contribution in [0.25, 0.3) is 0 Å². The van der Waals surface area contributed by atoms with Crippen LogP contribution in [0.5, 0.6) is 0 Å². The molecule has 1 N–H and O–H groups in total. The zero-order chi connectivity index (χ0) is 13.9. The molecule has 0 amide bonds. The molecule has 1 aliphatic carbocycles. The average Bonchev–Trinajstić information content (AvgIpc) is 3.30. The van der Waals surface area contributed by atoms with E-state index in [9.17, 15) is 0 Å². The number of hydrogen-bond donors (Lipinski definition) is 1. The van der Waals surface area contributed by atoms with Crippen LogP contribution in [-0.2, 0) is 11.3 Å². The molecule has 20 heavy (non-hydrogen) atoms. The Morgan fingerprint density at radius 1 is 1.35 bits per heavy atom. The third kappa shape index (κ3) is 3.43. The van der Waals surface area contributed by atoms with Gasteiger partial charge in [0.2, 0.25) is 0 Å². The minimum Gasteiger partial charge on any atom is -0.381 e. The molecule has 0 atom stereocenters. The van der Waals surface area contributed by atoms with E-state index in [1.54, 1.807) is 7.11 Å². The first-order chi connectivity index (χ1) is 9.76. The number of rotatable bonds is 5. The van der Waals surface area contributed by atoms with Gasteiger partial charge in [0.25, 0.3) is 0 Å². The summed E-state index contributed by atoms with van der Waals surface area (Å²) in [5.74, 6) is 0.913. The van der Waals surface area contributed by atoms with Crippen molar-refractivity contribution in [3.8, 4) is 0 Å². The van der Waals surface area contributed by atoms with E-state index in [0.29, 0.717) is 12.1 Å². The molecule has 0 bridgehead atoms. The molecule has 2 heterocycles. The molecule has 110 valence electrons. The summed E-state index contributed by atoms with van der Waals surface area (Å²) < 4.78 is 5.40. The second kappa shape index (κ2) is 6.29. The molecule has 1 aliphatic heterocycles. The van der Waals surface area contributed by atoms with Crippen molar-refractivity contribution in [2.24, 2.45) is 0 Å². The lowest BCUT2D eigenvalue weighted by molar-refractivity contribution is 0.0818. The first-order valence-electron chi connectivity index (χ1n) is 7.42. The molecular weight excluding hydrogens is 274 g/mol. The Hall–Kier alpha value is -0.840. The van der Waals surface area contributed by atoms with E-state index in [1.165, 1.54) is 12.8 Å². The van der Waals surface area contributed by atoms with Crippen LogP contribution in [0, 0.1) is 0 Å². The maximum Gasteiger partial charge on any atom is 0.147 e. The molecule has 3 rings (SSSR count). The summed E-state index contributed by atoms with van der Waals surface area (Å²) in [6.07, 6.45) is 7.01. The lowest BCUT2D eigenvalue weighted by Gasteiger charge is -2.32. The van der Waals surface area contributed by atoms with Gasteiger partial charge in [0.1, 0.15) is 5.82 Å². The standard InChI is InChI=1S/C15H22ClN3O/c1-20-13-4-6-19(7-5-13)15-14(16)8-11(10-18-15)9-17-12-2-3-12/h8,10,12-13,17H,2-7,9H2,1H3. The second-order valence-corrected chi connectivity index (χ2v) is 6.13. The zero-order valence-electron chi connectivity index (χ0n) is 11.9. The van der Waals surface area contributed by atoms with Gasteiger partial charge in [0.15, 0.2) is 0 Å². The molecule has 1 saturated heterocycles. The fourth-order valence-corrected chi connectivity index (χ4v) is 2.96. The molecule has 1 aromatic heterocycles. The summed E-state index contributed by atoms with van der Waals surface area (Å²) in [4.78, 5) is 6.82. The topological polar surface area (TPSA) is 37.4 Å². The van der Waals surface area contributed by atoms with Gasteiger partial charge in [-0.15, -0.1) is 0 Å². The van der Waals surface area contributed by atoms with E-state index in [-0.39, 0.29) is 0 Å². The van der Waals surface area contributed by atoms with Crippen molar-refractivity contribution >= 4 is 17.4 Å². The summed E-state index contributed by atoms with van der Waals surface area (Å²) in [7, 11) is 1.78. The molecular formula is C15H22ClN3O.